The fourth-order valence-electron chi connectivity index (χ4n) is 1.72. The van der Waals surface area contributed by atoms with Gasteiger partial charge in [0.2, 0.25) is 5.95 Å². The third-order valence-electron chi connectivity index (χ3n) is 2.56. The summed E-state index contributed by atoms with van der Waals surface area (Å²) in [7, 11) is 0. The second-order valence-electron chi connectivity index (χ2n) is 5.58. The van der Waals surface area contributed by atoms with Crippen LogP contribution in [-0.4, -0.2) is 26.6 Å². The van der Waals surface area contributed by atoms with Gasteiger partial charge in [0.25, 0.3) is 5.69 Å². The number of carbonyl (C=O) groups is 1. The van der Waals surface area contributed by atoms with Gasteiger partial charge in [-0.3, -0.25) is 15.4 Å². The summed E-state index contributed by atoms with van der Waals surface area (Å²) >= 11 is 0. The molecule has 1 heterocycles. The second kappa shape index (κ2) is 5.84. The summed E-state index contributed by atoms with van der Waals surface area (Å²) in [6.45, 7) is 5.26. The van der Waals surface area contributed by atoms with Crippen molar-refractivity contribution in [3.63, 3.8) is 0 Å². The van der Waals surface area contributed by atoms with Gasteiger partial charge in [-0.2, -0.15) is 0 Å². The maximum absolute atomic E-state index is 11.6. The average Bonchev–Trinajstić information content (AvgIpc) is 2.85. The summed E-state index contributed by atoms with van der Waals surface area (Å²) in [5.41, 5.74) is 0.516. The number of amides is 1. The first kappa shape index (κ1) is 15.5. The summed E-state index contributed by atoms with van der Waals surface area (Å²) in [5.74, 6) is 0.204. The van der Waals surface area contributed by atoms with Gasteiger partial charge in [-0.05, 0) is 20.8 Å². The van der Waals surface area contributed by atoms with E-state index < -0.39 is 16.6 Å². The molecule has 0 saturated heterocycles. The molecule has 1 aromatic heterocycles. The number of hydrogen-bond donors (Lipinski definition) is 2. The number of aromatic amines is 1. The van der Waals surface area contributed by atoms with Gasteiger partial charge in [-0.1, -0.05) is 12.1 Å². The van der Waals surface area contributed by atoms with E-state index in [1.54, 1.807) is 32.9 Å². The highest BCUT2D eigenvalue weighted by atomic mass is 16.6. The molecule has 0 atom stereocenters. The minimum atomic E-state index is -0.632. The molecule has 2 rings (SSSR count). The maximum atomic E-state index is 11.6. The van der Waals surface area contributed by atoms with E-state index in [0.29, 0.717) is 11.3 Å². The number of nitro benzene ring substituents is 1. The van der Waals surface area contributed by atoms with Crippen molar-refractivity contribution in [1.29, 1.82) is 0 Å². The molecule has 0 unspecified atom stereocenters. The second-order valence-corrected chi connectivity index (χ2v) is 5.58. The minimum absolute atomic E-state index is 0.0197. The Bertz CT molecular complexity index is 703. The maximum Gasteiger partial charge on any atom is 0.414 e. The topological polar surface area (TPSA) is 110 Å². The Hall–Kier alpha value is -2.90. The summed E-state index contributed by atoms with van der Waals surface area (Å²) in [5, 5.41) is 13.2. The minimum Gasteiger partial charge on any atom is -0.444 e. The molecule has 22 heavy (non-hydrogen) atoms. The van der Waals surface area contributed by atoms with E-state index in [4.69, 9.17) is 4.74 Å². The molecule has 1 amide bonds. The number of anilines is 1. The SMILES string of the molecule is CC(C)(C)OC(=O)Nc1ncc(-c2cccc([N+](=O)[O-])c2)[nH]1. The fraction of sp³-hybridized carbons (Fsp3) is 0.286. The number of aromatic nitrogens is 2. The molecule has 0 aliphatic rings. The van der Waals surface area contributed by atoms with Crippen LogP contribution in [0.1, 0.15) is 20.8 Å². The Kier molecular flexibility index (Phi) is 4.11. The smallest absolute Gasteiger partial charge is 0.414 e. The van der Waals surface area contributed by atoms with Crippen molar-refractivity contribution in [2.45, 2.75) is 26.4 Å². The van der Waals surface area contributed by atoms with E-state index in [1.807, 2.05) is 0 Å². The number of carbonyl (C=O) groups excluding carboxylic acids is 1. The Morgan fingerprint density at radius 1 is 1.41 bits per heavy atom. The Balaban J connectivity index is 2.13. The van der Waals surface area contributed by atoms with Crippen molar-refractivity contribution < 1.29 is 14.5 Å². The van der Waals surface area contributed by atoms with Gasteiger partial charge >= 0.3 is 6.09 Å². The van der Waals surface area contributed by atoms with Crippen LogP contribution in [0.2, 0.25) is 0 Å². The van der Waals surface area contributed by atoms with Crippen LogP contribution >= 0.6 is 0 Å². The predicted octanol–water partition coefficient (Wildman–Crippen LogP) is 3.33. The molecular formula is C14H16N4O4. The van der Waals surface area contributed by atoms with E-state index >= 15 is 0 Å². The molecule has 0 bridgehead atoms. The molecule has 0 spiro atoms. The number of nitrogens with one attached hydrogen (secondary N) is 2. The lowest BCUT2D eigenvalue weighted by atomic mass is 10.1. The summed E-state index contributed by atoms with van der Waals surface area (Å²) in [6, 6.07) is 6.11. The number of rotatable bonds is 3. The Labute approximate surface area is 126 Å². The number of hydrogen-bond acceptors (Lipinski definition) is 5. The van der Waals surface area contributed by atoms with Gasteiger partial charge in [0, 0.05) is 17.7 Å². The number of H-pyrrole nitrogens is 1. The van der Waals surface area contributed by atoms with Crippen LogP contribution in [0.25, 0.3) is 11.3 Å². The normalized spacial score (nSPS) is 11.0. The number of ether oxygens (including phenoxy) is 1. The number of imidazole rings is 1. The molecule has 8 nitrogen and oxygen atoms in total. The molecule has 116 valence electrons. The number of nitro groups is 1. The largest absolute Gasteiger partial charge is 0.444 e. The van der Waals surface area contributed by atoms with Crippen molar-refractivity contribution in [2.75, 3.05) is 5.32 Å². The molecule has 2 N–H and O–H groups in total. The standard InChI is InChI=1S/C14H16N4O4/c1-14(2,3)22-13(19)17-12-15-8-11(16-12)9-5-4-6-10(7-9)18(20)21/h4-8H,1-3H3,(H2,15,16,17,19). The highest BCUT2D eigenvalue weighted by Crippen LogP contribution is 2.23. The first-order valence-electron chi connectivity index (χ1n) is 6.54. The lowest BCUT2D eigenvalue weighted by Gasteiger charge is -2.18. The number of non-ortho nitro benzene ring substituents is 1. The molecule has 1 aromatic carbocycles. The van der Waals surface area contributed by atoms with Gasteiger partial charge in [-0.15, -0.1) is 0 Å². The van der Waals surface area contributed by atoms with Crippen LogP contribution in [-0.2, 0) is 4.74 Å². The van der Waals surface area contributed by atoms with E-state index in [9.17, 15) is 14.9 Å². The molecule has 2 aromatic rings. The molecule has 8 heteroatoms. The van der Waals surface area contributed by atoms with E-state index in [2.05, 4.69) is 15.3 Å². The van der Waals surface area contributed by atoms with E-state index in [1.165, 1.54) is 18.3 Å². The lowest BCUT2D eigenvalue weighted by molar-refractivity contribution is -0.384. The number of benzene rings is 1. The van der Waals surface area contributed by atoms with Crippen molar-refractivity contribution in [1.82, 2.24) is 9.97 Å². The highest BCUT2D eigenvalue weighted by Gasteiger charge is 2.17. The quantitative estimate of drug-likeness (QED) is 0.667. The number of nitrogens with zero attached hydrogens (tertiary/aromatic N) is 2. The zero-order chi connectivity index (χ0) is 16.3. The summed E-state index contributed by atoms with van der Waals surface area (Å²) in [4.78, 5) is 28.8. The van der Waals surface area contributed by atoms with Crippen LogP contribution in [0.15, 0.2) is 30.5 Å². The summed E-state index contributed by atoms with van der Waals surface area (Å²) in [6.07, 6.45) is 0.846. The zero-order valence-electron chi connectivity index (χ0n) is 12.4. The third kappa shape index (κ3) is 4.05. The van der Waals surface area contributed by atoms with Crippen molar-refractivity contribution >= 4 is 17.7 Å². The molecule has 0 aliphatic carbocycles. The zero-order valence-corrected chi connectivity index (χ0v) is 12.4. The molecular weight excluding hydrogens is 288 g/mol. The average molecular weight is 304 g/mol. The summed E-state index contributed by atoms with van der Waals surface area (Å²) < 4.78 is 5.11. The highest BCUT2D eigenvalue weighted by molar-refractivity contribution is 5.83. The van der Waals surface area contributed by atoms with Gasteiger partial charge in [-0.25, -0.2) is 9.78 Å². The lowest BCUT2D eigenvalue weighted by Crippen LogP contribution is -2.27. The Morgan fingerprint density at radius 3 is 2.77 bits per heavy atom. The van der Waals surface area contributed by atoms with E-state index in [0.717, 1.165) is 0 Å². The predicted molar refractivity (Wildman–Crippen MR) is 80.5 cm³/mol. The molecule has 0 aliphatic heterocycles. The van der Waals surface area contributed by atoms with Crippen LogP contribution in [0.4, 0.5) is 16.4 Å². The van der Waals surface area contributed by atoms with Crippen molar-refractivity contribution in [3.8, 4) is 11.3 Å². The van der Waals surface area contributed by atoms with Gasteiger partial charge in [0.1, 0.15) is 5.60 Å². The van der Waals surface area contributed by atoms with E-state index in [-0.39, 0.29) is 11.6 Å². The van der Waals surface area contributed by atoms with Crippen LogP contribution in [0, 0.1) is 10.1 Å². The Morgan fingerprint density at radius 2 is 2.14 bits per heavy atom. The van der Waals surface area contributed by atoms with Gasteiger partial charge < -0.3 is 9.72 Å². The first-order chi connectivity index (χ1) is 10.2. The molecule has 0 fully saturated rings. The van der Waals surface area contributed by atoms with Crippen molar-refractivity contribution in [2.24, 2.45) is 0 Å². The van der Waals surface area contributed by atoms with Gasteiger partial charge in [0.15, 0.2) is 0 Å². The van der Waals surface area contributed by atoms with Gasteiger partial charge in [0.05, 0.1) is 16.8 Å². The van der Waals surface area contributed by atoms with Crippen LogP contribution in [0.3, 0.4) is 0 Å². The fourth-order valence-corrected chi connectivity index (χ4v) is 1.72. The molecule has 0 saturated carbocycles. The van der Waals surface area contributed by atoms with Crippen molar-refractivity contribution in [3.05, 3.63) is 40.6 Å². The monoisotopic (exact) mass is 304 g/mol. The third-order valence-corrected chi connectivity index (χ3v) is 2.56. The molecule has 0 radical (unpaired) electrons. The first-order valence-corrected chi connectivity index (χ1v) is 6.54. The van der Waals surface area contributed by atoms with Crippen LogP contribution < -0.4 is 5.32 Å². The van der Waals surface area contributed by atoms with Crippen LogP contribution in [0.5, 0.6) is 0 Å².